The molecule has 1 aromatic heterocycles. The maximum Gasteiger partial charge on any atom is 0.159 e. The summed E-state index contributed by atoms with van der Waals surface area (Å²) in [7, 11) is 2.12. The predicted octanol–water partition coefficient (Wildman–Crippen LogP) is 11.8. The number of para-hydroxylation sites is 1. The number of nitrogens with zero attached hydrogens (tertiary/aromatic N) is 3. The standard InChI is InChI=1S/C45H45N3OS/c1-6-8-11-25-37-31(4)50-41-29-35(45-47-43(33-19-12-9-13-20-33)46-44(48(45)5)34-21-14-10-15-22-34)28-38(42(37)41)32(7-2)23-18-27-39-30(3)36-24-16-17-26-40(36)49-39/h8-17,19-24,26-30,45H,6-7,18,25H2,1-5H3/b11-8-,32-23+,39-27+. The first-order valence-electron chi connectivity index (χ1n) is 17.8. The summed E-state index contributed by atoms with van der Waals surface area (Å²) in [4.78, 5) is 14.1. The Kier molecular flexibility index (Phi) is 9.95. The van der Waals surface area contributed by atoms with Gasteiger partial charge in [0.05, 0.1) is 0 Å². The minimum absolute atomic E-state index is 0.238. The summed E-state index contributed by atoms with van der Waals surface area (Å²) in [5.74, 6) is 3.95. The van der Waals surface area contributed by atoms with Crippen molar-refractivity contribution in [2.75, 3.05) is 7.05 Å². The third-order valence-electron chi connectivity index (χ3n) is 9.81. The van der Waals surface area contributed by atoms with Gasteiger partial charge in [-0.3, -0.25) is 0 Å². The molecule has 0 aliphatic carbocycles. The minimum Gasteiger partial charge on any atom is -0.461 e. The van der Waals surface area contributed by atoms with Crippen molar-refractivity contribution in [2.24, 2.45) is 9.98 Å². The zero-order valence-electron chi connectivity index (χ0n) is 29.7. The molecule has 252 valence electrons. The molecule has 0 radical (unpaired) electrons. The Morgan fingerprint density at radius 2 is 1.62 bits per heavy atom. The second-order valence-corrected chi connectivity index (χ2v) is 14.3. The van der Waals surface area contributed by atoms with Crippen LogP contribution in [-0.4, -0.2) is 23.6 Å². The molecule has 4 nitrogen and oxygen atoms in total. The van der Waals surface area contributed by atoms with Crippen LogP contribution in [0.25, 0.3) is 15.7 Å². The Labute approximate surface area is 300 Å². The molecule has 3 heterocycles. The van der Waals surface area contributed by atoms with E-state index in [1.807, 2.05) is 23.5 Å². The van der Waals surface area contributed by atoms with E-state index in [0.717, 1.165) is 60.0 Å². The van der Waals surface area contributed by atoms with Gasteiger partial charge in [-0.1, -0.05) is 118 Å². The molecule has 0 saturated heterocycles. The third kappa shape index (κ3) is 6.63. The number of aryl methyl sites for hydroxylation is 1. The average molecular weight is 676 g/mol. The van der Waals surface area contributed by atoms with Gasteiger partial charge >= 0.3 is 0 Å². The Bertz CT molecular complexity index is 2150. The van der Waals surface area contributed by atoms with Crippen LogP contribution in [0.15, 0.2) is 137 Å². The van der Waals surface area contributed by atoms with E-state index >= 15 is 0 Å². The third-order valence-corrected chi connectivity index (χ3v) is 10.9. The van der Waals surface area contributed by atoms with Gasteiger partial charge in [0.25, 0.3) is 0 Å². The van der Waals surface area contributed by atoms with E-state index in [1.54, 1.807) is 0 Å². The molecule has 0 saturated carbocycles. The molecular formula is C45H45N3OS. The topological polar surface area (TPSA) is 37.2 Å². The summed E-state index contributed by atoms with van der Waals surface area (Å²) in [6.45, 7) is 8.98. The number of hydrogen-bond donors (Lipinski definition) is 0. The zero-order chi connectivity index (χ0) is 34.6. The van der Waals surface area contributed by atoms with Crippen molar-refractivity contribution in [1.82, 2.24) is 4.90 Å². The lowest BCUT2D eigenvalue weighted by atomic mass is 9.92. The van der Waals surface area contributed by atoms with Gasteiger partial charge in [-0.05, 0) is 79.1 Å². The molecule has 0 spiro atoms. The number of hydrogen-bond acceptors (Lipinski definition) is 5. The van der Waals surface area contributed by atoms with Gasteiger partial charge in [0.15, 0.2) is 12.0 Å². The maximum absolute atomic E-state index is 6.29. The van der Waals surface area contributed by atoms with Crippen molar-refractivity contribution in [3.63, 3.8) is 0 Å². The first-order valence-corrected chi connectivity index (χ1v) is 18.7. The number of ether oxygens (including phenoxy) is 1. The van der Waals surface area contributed by atoms with Crippen molar-refractivity contribution in [3.05, 3.63) is 165 Å². The molecule has 50 heavy (non-hydrogen) atoms. The highest BCUT2D eigenvalue weighted by Crippen LogP contribution is 2.43. The normalized spacial score (nSPS) is 18.5. The fraction of sp³-hybridized carbons (Fsp3) is 0.244. The van der Waals surface area contributed by atoms with Gasteiger partial charge < -0.3 is 9.64 Å². The molecule has 5 aromatic rings. The van der Waals surface area contributed by atoms with Gasteiger partial charge in [0, 0.05) is 44.6 Å². The SMILES string of the molecule is CC/C=C\Cc1c(C)sc2cc(C3N=C(c4ccccc4)N=C(c4ccccc4)N3C)cc(/C(=C/C/C=C3/Oc4ccccc4C3C)CC)c12. The number of fused-ring (bicyclic) bond motifs is 2. The Balaban J connectivity index is 1.34. The molecule has 5 heteroatoms. The van der Waals surface area contributed by atoms with Crippen molar-refractivity contribution in [3.8, 4) is 5.75 Å². The van der Waals surface area contributed by atoms with Crippen molar-refractivity contribution in [1.29, 1.82) is 0 Å². The molecule has 4 aromatic carbocycles. The highest BCUT2D eigenvalue weighted by Gasteiger charge is 2.29. The molecule has 7 rings (SSSR count). The lowest BCUT2D eigenvalue weighted by molar-refractivity contribution is 0.383. The molecule has 2 unspecified atom stereocenters. The monoisotopic (exact) mass is 675 g/mol. The van der Waals surface area contributed by atoms with Crippen LogP contribution in [0.1, 0.15) is 90.4 Å². The number of aliphatic imine (C=N–C) groups is 2. The highest BCUT2D eigenvalue weighted by molar-refractivity contribution is 7.19. The average Bonchev–Trinajstić information content (AvgIpc) is 3.65. The van der Waals surface area contributed by atoms with Crippen molar-refractivity contribution in [2.45, 2.75) is 65.5 Å². The summed E-state index contributed by atoms with van der Waals surface area (Å²) < 4.78 is 7.60. The van der Waals surface area contributed by atoms with E-state index in [1.165, 1.54) is 42.8 Å². The molecule has 0 N–H and O–H groups in total. The van der Waals surface area contributed by atoms with E-state index in [-0.39, 0.29) is 12.1 Å². The summed E-state index contributed by atoms with van der Waals surface area (Å²) in [6, 6.07) is 34.0. The Morgan fingerprint density at radius 1 is 0.900 bits per heavy atom. The van der Waals surface area contributed by atoms with Gasteiger partial charge in [-0.2, -0.15) is 0 Å². The zero-order valence-corrected chi connectivity index (χ0v) is 30.5. The van der Waals surface area contributed by atoms with E-state index < -0.39 is 0 Å². The molecule has 2 aliphatic rings. The molecule has 2 aliphatic heterocycles. The first kappa shape index (κ1) is 33.5. The lowest BCUT2D eigenvalue weighted by Crippen LogP contribution is -2.35. The summed E-state index contributed by atoms with van der Waals surface area (Å²) >= 11 is 1.90. The predicted molar refractivity (Wildman–Crippen MR) is 213 cm³/mol. The first-order chi connectivity index (χ1) is 24.5. The van der Waals surface area contributed by atoms with Crippen LogP contribution in [0.4, 0.5) is 0 Å². The van der Waals surface area contributed by atoms with Crippen LogP contribution in [0.3, 0.4) is 0 Å². The van der Waals surface area contributed by atoms with Crippen LogP contribution in [0, 0.1) is 6.92 Å². The Morgan fingerprint density at radius 3 is 2.34 bits per heavy atom. The second-order valence-electron chi connectivity index (χ2n) is 13.1. The van der Waals surface area contributed by atoms with E-state index in [2.05, 4.69) is 149 Å². The summed E-state index contributed by atoms with van der Waals surface area (Å²) in [6.07, 6.45) is 12.7. The quantitative estimate of drug-likeness (QED) is 0.138. The summed E-state index contributed by atoms with van der Waals surface area (Å²) in [5, 5.41) is 1.37. The van der Waals surface area contributed by atoms with E-state index in [9.17, 15) is 0 Å². The number of thiophene rings is 1. The van der Waals surface area contributed by atoms with Crippen LogP contribution >= 0.6 is 11.3 Å². The summed E-state index contributed by atoms with van der Waals surface area (Å²) in [5.41, 5.74) is 8.60. The largest absolute Gasteiger partial charge is 0.461 e. The van der Waals surface area contributed by atoms with Gasteiger partial charge in [0.1, 0.15) is 17.3 Å². The fourth-order valence-corrected chi connectivity index (χ4v) is 8.30. The number of rotatable bonds is 10. The van der Waals surface area contributed by atoms with Gasteiger partial charge in [0.2, 0.25) is 0 Å². The number of benzene rings is 4. The highest BCUT2D eigenvalue weighted by atomic mass is 32.1. The lowest BCUT2D eigenvalue weighted by Gasteiger charge is -2.33. The minimum atomic E-state index is -0.238. The molecule has 2 atom stereocenters. The molecule has 0 amide bonds. The van der Waals surface area contributed by atoms with Crippen LogP contribution in [-0.2, 0) is 6.42 Å². The Hall–Kier alpha value is -5.00. The van der Waals surface area contributed by atoms with Crippen LogP contribution in [0.5, 0.6) is 5.75 Å². The van der Waals surface area contributed by atoms with Crippen molar-refractivity contribution < 1.29 is 4.74 Å². The number of amidine groups is 2. The second kappa shape index (κ2) is 14.9. The number of allylic oxidation sites excluding steroid dienone is 6. The molecular weight excluding hydrogens is 631 g/mol. The van der Waals surface area contributed by atoms with Gasteiger partial charge in [-0.15, -0.1) is 11.3 Å². The van der Waals surface area contributed by atoms with E-state index in [0.29, 0.717) is 0 Å². The van der Waals surface area contributed by atoms with Crippen LogP contribution in [0.2, 0.25) is 0 Å². The molecule has 0 bridgehead atoms. The fourth-order valence-electron chi connectivity index (χ4n) is 7.13. The molecule has 0 fully saturated rings. The maximum atomic E-state index is 6.29. The van der Waals surface area contributed by atoms with E-state index in [4.69, 9.17) is 14.7 Å². The van der Waals surface area contributed by atoms with Crippen molar-refractivity contribution >= 4 is 38.7 Å². The van der Waals surface area contributed by atoms with Gasteiger partial charge in [-0.25, -0.2) is 9.98 Å². The smallest absolute Gasteiger partial charge is 0.159 e. The van der Waals surface area contributed by atoms with Crippen LogP contribution < -0.4 is 4.74 Å².